The van der Waals surface area contributed by atoms with Gasteiger partial charge in [-0.25, -0.2) is 4.39 Å². The first-order valence-corrected chi connectivity index (χ1v) is 11.1. The third-order valence-electron chi connectivity index (χ3n) is 6.03. The van der Waals surface area contributed by atoms with Crippen molar-refractivity contribution in [2.75, 3.05) is 5.88 Å². The molecule has 2 aliphatic rings. The number of nitrogens with one attached hydrogen (secondary N) is 1. The van der Waals surface area contributed by atoms with Gasteiger partial charge in [0.2, 0.25) is 11.8 Å². The maximum Gasteiger partial charge on any atom is 0.247 e. The van der Waals surface area contributed by atoms with Gasteiger partial charge in [0.1, 0.15) is 17.7 Å². The fourth-order valence-electron chi connectivity index (χ4n) is 4.60. The molecule has 0 saturated heterocycles. The number of hydrogen-bond donors (Lipinski definition) is 1. The summed E-state index contributed by atoms with van der Waals surface area (Å²) in [5, 5.41) is 3.19. The van der Waals surface area contributed by atoms with E-state index >= 15 is 0 Å². The number of hydrogen-bond acceptors (Lipinski definition) is 2. The van der Waals surface area contributed by atoms with Crippen molar-refractivity contribution in [3.05, 3.63) is 35.6 Å². The molecule has 0 radical (unpaired) electrons. The van der Waals surface area contributed by atoms with Crippen LogP contribution in [0.4, 0.5) is 4.39 Å². The van der Waals surface area contributed by atoms with Crippen molar-refractivity contribution in [2.45, 2.75) is 82.3 Å². The first-order valence-electron chi connectivity index (χ1n) is 10.5. The topological polar surface area (TPSA) is 49.4 Å². The van der Waals surface area contributed by atoms with E-state index in [0.29, 0.717) is 5.56 Å². The quantitative estimate of drug-likeness (QED) is 0.547. The Kier molecular flexibility index (Phi) is 7.72. The van der Waals surface area contributed by atoms with E-state index in [4.69, 9.17) is 11.6 Å². The van der Waals surface area contributed by atoms with Gasteiger partial charge in [0, 0.05) is 12.1 Å². The van der Waals surface area contributed by atoms with Crippen LogP contribution in [-0.4, -0.2) is 34.7 Å². The van der Waals surface area contributed by atoms with Gasteiger partial charge in [0.25, 0.3) is 0 Å². The van der Waals surface area contributed by atoms with E-state index in [9.17, 15) is 14.0 Å². The van der Waals surface area contributed by atoms with Crippen molar-refractivity contribution in [3.63, 3.8) is 0 Å². The largest absolute Gasteiger partial charge is 0.351 e. The van der Waals surface area contributed by atoms with E-state index in [2.05, 4.69) is 5.32 Å². The van der Waals surface area contributed by atoms with Crippen LogP contribution in [-0.2, 0) is 9.59 Å². The summed E-state index contributed by atoms with van der Waals surface area (Å²) in [6.45, 7) is 0. The third kappa shape index (κ3) is 5.25. The Balaban J connectivity index is 1.89. The zero-order valence-electron chi connectivity index (χ0n) is 16.3. The Bertz CT molecular complexity index is 653. The predicted octanol–water partition coefficient (Wildman–Crippen LogP) is 4.72. The molecule has 1 unspecified atom stereocenters. The summed E-state index contributed by atoms with van der Waals surface area (Å²) in [6, 6.07) is 5.28. The SMILES string of the molecule is O=C(NC1CCCCCC1)C(c1ccc(F)cc1)N(C(=O)CCl)C1CCCC1. The molecule has 1 aromatic rings. The lowest BCUT2D eigenvalue weighted by atomic mass is 10.00. The summed E-state index contributed by atoms with van der Waals surface area (Å²) >= 11 is 5.92. The van der Waals surface area contributed by atoms with Gasteiger partial charge in [0.15, 0.2) is 0 Å². The second kappa shape index (κ2) is 10.2. The minimum Gasteiger partial charge on any atom is -0.351 e. The monoisotopic (exact) mass is 408 g/mol. The van der Waals surface area contributed by atoms with Crippen LogP contribution < -0.4 is 5.32 Å². The molecule has 6 heteroatoms. The summed E-state index contributed by atoms with van der Waals surface area (Å²) in [7, 11) is 0. The van der Waals surface area contributed by atoms with Crippen molar-refractivity contribution in [1.29, 1.82) is 0 Å². The average molecular weight is 409 g/mol. The molecule has 2 saturated carbocycles. The maximum atomic E-state index is 13.5. The molecule has 4 nitrogen and oxygen atoms in total. The molecule has 2 fully saturated rings. The molecule has 0 aromatic heterocycles. The Hall–Kier alpha value is -1.62. The van der Waals surface area contributed by atoms with E-state index < -0.39 is 6.04 Å². The van der Waals surface area contributed by atoms with Crippen LogP contribution >= 0.6 is 11.6 Å². The highest BCUT2D eigenvalue weighted by molar-refractivity contribution is 6.27. The summed E-state index contributed by atoms with van der Waals surface area (Å²) in [5.41, 5.74) is 0.637. The molecule has 0 bridgehead atoms. The van der Waals surface area contributed by atoms with Gasteiger partial charge >= 0.3 is 0 Å². The van der Waals surface area contributed by atoms with Crippen molar-refractivity contribution in [1.82, 2.24) is 10.2 Å². The van der Waals surface area contributed by atoms with Gasteiger partial charge in [-0.15, -0.1) is 11.6 Å². The van der Waals surface area contributed by atoms with E-state index in [1.165, 1.54) is 25.0 Å². The van der Waals surface area contributed by atoms with Crippen LogP contribution in [0.2, 0.25) is 0 Å². The average Bonchev–Trinajstić information content (AvgIpc) is 3.10. The molecule has 0 heterocycles. The van der Waals surface area contributed by atoms with E-state index in [-0.39, 0.29) is 35.6 Å². The molecular formula is C22H30ClFN2O2. The Morgan fingerprint density at radius 3 is 2.14 bits per heavy atom. The number of carbonyl (C=O) groups excluding carboxylic acids is 2. The van der Waals surface area contributed by atoms with Crippen molar-refractivity contribution in [2.24, 2.45) is 0 Å². The molecule has 2 amide bonds. The lowest BCUT2D eigenvalue weighted by Gasteiger charge is -2.36. The predicted molar refractivity (Wildman–Crippen MR) is 109 cm³/mol. The Morgan fingerprint density at radius 1 is 1.00 bits per heavy atom. The number of benzene rings is 1. The van der Waals surface area contributed by atoms with Crippen LogP contribution in [0.1, 0.15) is 75.8 Å². The highest BCUT2D eigenvalue weighted by Gasteiger charge is 2.37. The van der Waals surface area contributed by atoms with Gasteiger partial charge in [-0.05, 0) is 43.4 Å². The fraction of sp³-hybridized carbons (Fsp3) is 0.636. The number of rotatable bonds is 6. The highest BCUT2D eigenvalue weighted by atomic mass is 35.5. The Morgan fingerprint density at radius 2 is 1.57 bits per heavy atom. The van der Waals surface area contributed by atoms with Crippen LogP contribution in [0.5, 0.6) is 0 Å². The third-order valence-corrected chi connectivity index (χ3v) is 6.26. The second-order valence-electron chi connectivity index (χ2n) is 8.02. The van der Waals surface area contributed by atoms with Crippen LogP contribution in [0, 0.1) is 5.82 Å². The lowest BCUT2D eigenvalue weighted by Crippen LogP contribution is -2.50. The first-order chi connectivity index (χ1) is 13.6. The van der Waals surface area contributed by atoms with Gasteiger partial charge in [-0.2, -0.15) is 0 Å². The van der Waals surface area contributed by atoms with Crippen molar-refractivity contribution in [3.8, 4) is 0 Å². The Labute approximate surface area is 171 Å². The van der Waals surface area contributed by atoms with Gasteiger partial charge < -0.3 is 10.2 Å². The normalized spacial score (nSPS) is 19.8. The summed E-state index contributed by atoms with van der Waals surface area (Å²) < 4.78 is 13.5. The smallest absolute Gasteiger partial charge is 0.247 e. The standard InChI is InChI=1S/C22H30ClFN2O2/c23-15-20(27)26(19-9-5-6-10-19)21(16-11-13-17(24)14-12-16)22(28)25-18-7-3-1-2-4-8-18/h11-14,18-19,21H,1-10,15H2,(H,25,28). The zero-order valence-corrected chi connectivity index (χ0v) is 17.1. The van der Waals surface area contributed by atoms with E-state index in [1.807, 2.05) is 0 Å². The molecule has 0 aliphatic heterocycles. The highest BCUT2D eigenvalue weighted by Crippen LogP contribution is 2.32. The molecule has 0 spiro atoms. The molecule has 1 aromatic carbocycles. The summed E-state index contributed by atoms with van der Waals surface area (Å²) in [4.78, 5) is 27.8. The van der Waals surface area contributed by atoms with Crippen molar-refractivity contribution >= 4 is 23.4 Å². The number of alkyl halides is 1. The van der Waals surface area contributed by atoms with Crippen molar-refractivity contribution < 1.29 is 14.0 Å². The first kappa shape index (κ1) is 21.1. The minimum atomic E-state index is -0.766. The molecular weight excluding hydrogens is 379 g/mol. The van der Waals surface area contributed by atoms with Gasteiger partial charge in [-0.3, -0.25) is 9.59 Å². The van der Waals surface area contributed by atoms with Crippen LogP contribution in [0.3, 0.4) is 0 Å². The van der Waals surface area contributed by atoms with E-state index in [0.717, 1.165) is 51.4 Å². The molecule has 154 valence electrons. The number of halogens is 2. The summed E-state index contributed by atoms with van der Waals surface area (Å²) in [6.07, 6.45) is 10.4. The minimum absolute atomic E-state index is 0.00110. The van der Waals surface area contributed by atoms with Crippen LogP contribution in [0.15, 0.2) is 24.3 Å². The molecule has 3 rings (SSSR count). The summed E-state index contributed by atoms with van der Waals surface area (Å²) in [5.74, 6) is -0.934. The molecule has 1 atom stereocenters. The maximum absolute atomic E-state index is 13.5. The van der Waals surface area contributed by atoms with Gasteiger partial charge in [0.05, 0.1) is 0 Å². The zero-order chi connectivity index (χ0) is 19.9. The number of amides is 2. The number of nitrogens with zero attached hydrogens (tertiary/aromatic N) is 1. The van der Waals surface area contributed by atoms with Gasteiger partial charge in [-0.1, -0.05) is 50.7 Å². The second-order valence-corrected chi connectivity index (χ2v) is 8.29. The lowest BCUT2D eigenvalue weighted by molar-refractivity contribution is -0.142. The molecule has 2 aliphatic carbocycles. The molecule has 1 N–H and O–H groups in total. The number of carbonyl (C=O) groups is 2. The van der Waals surface area contributed by atoms with Crippen LogP contribution in [0.25, 0.3) is 0 Å². The molecule has 28 heavy (non-hydrogen) atoms. The fourth-order valence-corrected chi connectivity index (χ4v) is 4.74. The van der Waals surface area contributed by atoms with E-state index in [1.54, 1.807) is 17.0 Å².